The van der Waals surface area contributed by atoms with Crippen molar-refractivity contribution in [3.05, 3.63) is 33.7 Å². The summed E-state index contributed by atoms with van der Waals surface area (Å²) in [4.78, 5) is 2.22. The average molecular weight is 274 g/mol. The van der Waals surface area contributed by atoms with Gasteiger partial charge in [0.1, 0.15) is 0 Å². The normalized spacial score (nSPS) is 15.8. The molecule has 0 amide bonds. The highest BCUT2D eigenvalue weighted by Gasteiger charge is 2.24. The molecule has 0 atom stereocenters. The topological polar surface area (TPSA) is 32.5 Å². The minimum atomic E-state index is -0.357. The van der Waals surface area contributed by atoms with Crippen LogP contribution in [0.25, 0.3) is 0 Å². The average Bonchev–Trinajstić information content (AvgIpc) is 2.46. The molecule has 4 nitrogen and oxygen atoms in total. The van der Waals surface area contributed by atoms with Crippen LogP contribution in [0, 0.1) is 11.0 Å². The molecule has 1 heterocycles. The highest BCUT2D eigenvalue weighted by Crippen LogP contribution is 2.23. The molecule has 2 rings (SSSR count). The molecular weight excluding hydrogens is 265 g/mol. The SMILES string of the molecule is CN1CN(c2ccc(Br)cc2F)C=[N+]1[O-]. The summed E-state index contributed by atoms with van der Waals surface area (Å²) < 4.78 is 14.2. The lowest BCUT2D eigenvalue weighted by atomic mass is 10.3. The molecular formula is C9H9BrFN3O. The molecule has 6 heteroatoms. The van der Waals surface area contributed by atoms with E-state index in [1.165, 1.54) is 17.4 Å². The maximum atomic E-state index is 13.5. The molecule has 0 radical (unpaired) electrons. The molecule has 0 bridgehead atoms. The van der Waals surface area contributed by atoms with E-state index in [4.69, 9.17) is 0 Å². The van der Waals surface area contributed by atoms with Crippen molar-refractivity contribution >= 4 is 28.0 Å². The Bertz CT molecular complexity index is 424. The molecule has 0 saturated heterocycles. The van der Waals surface area contributed by atoms with Crippen LogP contribution in [0.2, 0.25) is 0 Å². The fourth-order valence-corrected chi connectivity index (χ4v) is 1.71. The molecule has 0 spiro atoms. The van der Waals surface area contributed by atoms with Gasteiger partial charge in [0.05, 0.1) is 0 Å². The summed E-state index contributed by atoms with van der Waals surface area (Å²) in [5.41, 5.74) is 0.392. The van der Waals surface area contributed by atoms with Gasteiger partial charge in [0.25, 0.3) is 6.34 Å². The van der Waals surface area contributed by atoms with Crippen LogP contribution in [0.5, 0.6) is 0 Å². The van der Waals surface area contributed by atoms with Crippen LogP contribution in [0.15, 0.2) is 22.7 Å². The summed E-state index contributed by atoms with van der Waals surface area (Å²) in [6.07, 6.45) is 1.31. The second kappa shape index (κ2) is 3.69. The molecule has 80 valence electrons. The zero-order valence-electron chi connectivity index (χ0n) is 8.02. The van der Waals surface area contributed by atoms with Gasteiger partial charge in [-0.3, -0.25) is 0 Å². The molecule has 0 unspecified atom stereocenters. The van der Waals surface area contributed by atoms with Gasteiger partial charge in [-0.05, 0) is 18.2 Å². The largest absolute Gasteiger partial charge is 0.693 e. The fraction of sp³-hybridized carbons (Fsp3) is 0.222. The lowest BCUT2D eigenvalue weighted by molar-refractivity contribution is -0.616. The Hall–Kier alpha value is -1.30. The van der Waals surface area contributed by atoms with Gasteiger partial charge in [-0.2, -0.15) is 4.85 Å². The lowest BCUT2D eigenvalue weighted by Crippen LogP contribution is -2.27. The van der Waals surface area contributed by atoms with Gasteiger partial charge in [0.15, 0.2) is 18.2 Å². The van der Waals surface area contributed by atoms with Gasteiger partial charge < -0.3 is 5.21 Å². The van der Waals surface area contributed by atoms with E-state index in [0.717, 1.165) is 0 Å². The van der Waals surface area contributed by atoms with Crippen molar-refractivity contribution in [2.24, 2.45) is 0 Å². The quantitative estimate of drug-likeness (QED) is 0.577. The first-order valence-electron chi connectivity index (χ1n) is 4.32. The number of anilines is 1. The molecule has 0 N–H and O–H groups in total. The molecule has 1 aliphatic rings. The molecule has 1 aromatic rings. The molecule has 15 heavy (non-hydrogen) atoms. The van der Waals surface area contributed by atoms with Gasteiger partial charge in [-0.15, -0.1) is 0 Å². The van der Waals surface area contributed by atoms with E-state index in [0.29, 0.717) is 21.7 Å². The van der Waals surface area contributed by atoms with Crippen molar-refractivity contribution in [1.29, 1.82) is 0 Å². The Morgan fingerprint density at radius 3 is 2.80 bits per heavy atom. The van der Waals surface area contributed by atoms with Crippen LogP contribution in [-0.2, 0) is 0 Å². The van der Waals surface area contributed by atoms with E-state index in [1.807, 2.05) is 0 Å². The number of hydrazine groups is 1. The molecule has 0 saturated carbocycles. The van der Waals surface area contributed by atoms with Gasteiger partial charge >= 0.3 is 0 Å². The third-order valence-corrected chi connectivity index (χ3v) is 2.64. The zero-order chi connectivity index (χ0) is 11.0. The molecule has 0 fully saturated rings. The molecule has 1 aliphatic heterocycles. The molecule has 0 aromatic heterocycles. The maximum Gasteiger partial charge on any atom is 0.268 e. The standard InChI is InChI=1S/C9H9BrFN3O/c1-12-5-13(6-14(12)15)9-3-2-7(10)4-8(9)11/h2-4,6H,5H2,1H3. The highest BCUT2D eigenvalue weighted by molar-refractivity contribution is 9.10. The minimum Gasteiger partial charge on any atom is -0.693 e. The Kier molecular flexibility index (Phi) is 2.52. The van der Waals surface area contributed by atoms with Gasteiger partial charge in [0.2, 0.25) is 0 Å². The number of hydrogen-bond acceptors (Lipinski definition) is 3. The van der Waals surface area contributed by atoms with E-state index in [2.05, 4.69) is 15.9 Å². The summed E-state index contributed by atoms with van der Waals surface area (Å²) in [5.74, 6) is -0.357. The molecule has 1 aromatic carbocycles. The van der Waals surface area contributed by atoms with Crippen LogP contribution in [0.3, 0.4) is 0 Å². The molecule has 0 aliphatic carbocycles. The van der Waals surface area contributed by atoms with Crippen molar-refractivity contribution < 1.29 is 9.24 Å². The van der Waals surface area contributed by atoms with Crippen molar-refractivity contribution in [1.82, 2.24) is 5.01 Å². The van der Waals surface area contributed by atoms with E-state index in [-0.39, 0.29) is 5.82 Å². The van der Waals surface area contributed by atoms with Crippen molar-refractivity contribution in [2.75, 3.05) is 18.6 Å². The van der Waals surface area contributed by atoms with Gasteiger partial charge in [0, 0.05) is 11.5 Å². The van der Waals surface area contributed by atoms with Crippen LogP contribution < -0.4 is 4.90 Å². The summed E-state index contributed by atoms with van der Waals surface area (Å²) in [6.45, 7) is 0.349. The third-order valence-electron chi connectivity index (χ3n) is 2.15. The number of rotatable bonds is 1. The number of hydrazone groups is 1. The van der Waals surface area contributed by atoms with Crippen molar-refractivity contribution in [2.45, 2.75) is 0 Å². The zero-order valence-corrected chi connectivity index (χ0v) is 9.61. The van der Waals surface area contributed by atoms with E-state index >= 15 is 0 Å². The van der Waals surface area contributed by atoms with E-state index in [9.17, 15) is 9.60 Å². The Balaban J connectivity index is 2.32. The smallest absolute Gasteiger partial charge is 0.268 e. The fourth-order valence-electron chi connectivity index (χ4n) is 1.38. The monoisotopic (exact) mass is 273 g/mol. The maximum absolute atomic E-state index is 13.5. The minimum absolute atomic E-state index is 0.349. The van der Waals surface area contributed by atoms with E-state index in [1.54, 1.807) is 24.1 Å². The van der Waals surface area contributed by atoms with Crippen LogP contribution >= 0.6 is 15.9 Å². The van der Waals surface area contributed by atoms with Crippen LogP contribution in [-0.4, -0.2) is 29.9 Å². The first-order valence-corrected chi connectivity index (χ1v) is 5.11. The van der Waals surface area contributed by atoms with Crippen LogP contribution in [0.1, 0.15) is 0 Å². The first kappa shape index (κ1) is 10.2. The summed E-state index contributed by atoms with van der Waals surface area (Å²) >= 11 is 3.18. The lowest BCUT2D eigenvalue weighted by Gasteiger charge is -2.13. The Morgan fingerprint density at radius 1 is 1.53 bits per heavy atom. The predicted octanol–water partition coefficient (Wildman–Crippen LogP) is 1.75. The van der Waals surface area contributed by atoms with Gasteiger partial charge in [-0.25, -0.2) is 14.3 Å². The summed E-state index contributed by atoms with van der Waals surface area (Å²) in [6, 6.07) is 4.74. The van der Waals surface area contributed by atoms with Gasteiger partial charge in [-0.1, -0.05) is 15.9 Å². The highest BCUT2D eigenvalue weighted by atomic mass is 79.9. The number of benzene rings is 1. The second-order valence-electron chi connectivity index (χ2n) is 3.28. The summed E-state index contributed by atoms with van der Waals surface area (Å²) in [7, 11) is 1.64. The number of hydrogen-bond donors (Lipinski definition) is 0. The van der Waals surface area contributed by atoms with Crippen molar-refractivity contribution in [3.8, 4) is 0 Å². The van der Waals surface area contributed by atoms with Crippen LogP contribution in [0.4, 0.5) is 10.1 Å². The van der Waals surface area contributed by atoms with E-state index < -0.39 is 0 Å². The number of nitrogens with zero attached hydrogens (tertiary/aromatic N) is 3. The summed E-state index contributed by atoms with van der Waals surface area (Å²) in [5, 5.41) is 12.6. The predicted molar refractivity (Wildman–Crippen MR) is 58.9 cm³/mol. The first-order chi connectivity index (χ1) is 7.08. The number of halogens is 2. The second-order valence-corrected chi connectivity index (χ2v) is 4.20. The third kappa shape index (κ3) is 1.90. The Morgan fingerprint density at radius 2 is 2.27 bits per heavy atom. The van der Waals surface area contributed by atoms with Crippen molar-refractivity contribution in [3.63, 3.8) is 0 Å². The Labute approximate surface area is 94.9 Å².